The number of β-amino-alcohol motifs (C(OH)–C–C–N with tert-alkyl or cyclic N) is 1. The molecule has 0 aromatic heterocycles. The van der Waals surface area contributed by atoms with E-state index in [4.69, 9.17) is 9.47 Å². The number of morpholine rings is 1. The zero-order valence-electron chi connectivity index (χ0n) is 19.0. The molecule has 5 heteroatoms. The third kappa shape index (κ3) is 6.42. The van der Waals surface area contributed by atoms with Crippen molar-refractivity contribution in [3.05, 3.63) is 28.8 Å². The average molecular weight is 405 g/mol. The molecule has 3 unspecified atom stereocenters. The summed E-state index contributed by atoms with van der Waals surface area (Å²) in [6.07, 6.45) is 2.66. The van der Waals surface area contributed by atoms with Crippen molar-refractivity contribution in [2.24, 2.45) is 5.92 Å². The molecule has 0 spiro atoms. The Hall–Kier alpha value is -1.14. The Morgan fingerprint density at radius 1 is 1.03 bits per heavy atom. The smallest absolute Gasteiger partial charge is 0.125 e. The molecule has 164 valence electrons. The summed E-state index contributed by atoms with van der Waals surface area (Å²) in [5.41, 5.74) is 3.53. The van der Waals surface area contributed by atoms with E-state index in [1.807, 2.05) is 0 Å². The van der Waals surface area contributed by atoms with Gasteiger partial charge in [0.05, 0.1) is 12.2 Å². The number of nitrogens with zero attached hydrogens (tertiary/aromatic N) is 2. The summed E-state index contributed by atoms with van der Waals surface area (Å²) in [5.74, 6) is 1.69. The molecule has 2 aliphatic rings. The second kappa shape index (κ2) is 10.3. The number of benzene rings is 1. The molecule has 2 saturated heterocycles. The molecule has 3 atom stereocenters. The first kappa shape index (κ1) is 22.5. The van der Waals surface area contributed by atoms with E-state index in [-0.39, 0.29) is 0 Å². The Bertz CT molecular complexity index is 648. The van der Waals surface area contributed by atoms with Crippen molar-refractivity contribution >= 4 is 0 Å². The van der Waals surface area contributed by atoms with Gasteiger partial charge in [0.25, 0.3) is 0 Å². The van der Waals surface area contributed by atoms with Gasteiger partial charge in [-0.1, -0.05) is 12.1 Å². The fourth-order valence-electron chi connectivity index (χ4n) is 4.83. The van der Waals surface area contributed by atoms with E-state index in [2.05, 4.69) is 56.6 Å². The molecule has 0 amide bonds. The molecule has 29 heavy (non-hydrogen) atoms. The fourth-order valence-corrected chi connectivity index (χ4v) is 4.83. The topological polar surface area (TPSA) is 45.2 Å². The summed E-state index contributed by atoms with van der Waals surface area (Å²) in [6.45, 7) is 17.1. The summed E-state index contributed by atoms with van der Waals surface area (Å²) < 4.78 is 11.9. The van der Waals surface area contributed by atoms with Gasteiger partial charge in [-0.3, -0.25) is 4.90 Å². The Labute approximate surface area is 177 Å². The van der Waals surface area contributed by atoms with Gasteiger partial charge >= 0.3 is 0 Å². The molecule has 5 nitrogen and oxygen atoms in total. The number of aliphatic hydroxyl groups is 1. The maximum atomic E-state index is 10.5. The molecule has 0 saturated carbocycles. The van der Waals surface area contributed by atoms with Crippen LogP contribution in [0.15, 0.2) is 12.1 Å². The zero-order chi connectivity index (χ0) is 21.0. The largest absolute Gasteiger partial charge is 0.490 e. The monoisotopic (exact) mass is 404 g/mol. The second-order valence-electron chi connectivity index (χ2n) is 9.34. The predicted octanol–water partition coefficient (Wildman–Crippen LogP) is 3.17. The standard InChI is InChI=1S/C24H40N2O3/c1-17-6-7-18(2)24(21(17)5)28-16-23(27)15-25-10-8-22(9-11-25)14-26-12-19(3)29-20(4)13-26/h6-7,19-20,22-23,27H,8-16H2,1-5H3. The lowest BCUT2D eigenvalue weighted by atomic mass is 9.95. The van der Waals surface area contributed by atoms with Gasteiger partial charge in [-0.15, -0.1) is 0 Å². The van der Waals surface area contributed by atoms with Gasteiger partial charge in [-0.2, -0.15) is 0 Å². The van der Waals surface area contributed by atoms with Crippen molar-refractivity contribution in [3.63, 3.8) is 0 Å². The Kier molecular flexibility index (Phi) is 7.97. The average Bonchev–Trinajstić information content (AvgIpc) is 2.66. The van der Waals surface area contributed by atoms with Crippen LogP contribution in [0, 0.1) is 26.7 Å². The highest BCUT2D eigenvalue weighted by molar-refractivity contribution is 5.44. The summed E-state index contributed by atoms with van der Waals surface area (Å²) in [6, 6.07) is 4.21. The Morgan fingerprint density at radius 3 is 2.31 bits per heavy atom. The molecular weight excluding hydrogens is 364 g/mol. The van der Waals surface area contributed by atoms with Crippen LogP contribution in [-0.4, -0.2) is 79.1 Å². The number of likely N-dealkylation sites (tertiary alicyclic amines) is 1. The highest BCUT2D eigenvalue weighted by atomic mass is 16.5. The molecule has 0 aliphatic carbocycles. The molecule has 2 aliphatic heterocycles. The van der Waals surface area contributed by atoms with Gasteiger partial charge in [0.15, 0.2) is 0 Å². The molecule has 1 aromatic rings. The third-order valence-electron chi connectivity index (χ3n) is 6.48. The summed E-state index contributed by atoms with van der Waals surface area (Å²) in [5, 5.41) is 10.5. The van der Waals surface area contributed by atoms with E-state index in [0.717, 1.165) is 43.4 Å². The highest BCUT2D eigenvalue weighted by Gasteiger charge is 2.27. The fraction of sp³-hybridized carbons (Fsp3) is 0.750. The lowest BCUT2D eigenvalue weighted by Gasteiger charge is -2.39. The summed E-state index contributed by atoms with van der Waals surface area (Å²) >= 11 is 0. The van der Waals surface area contributed by atoms with Crippen LogP contribution in [-0.2, 0) is 4.74 Å². The number of rotatable bonds is 7. The van der Waals surface area contributed by atoms with Crippen LogP contribution in [0.1, 0.15) is 43.4 Å². The van der Waals surface area contributed by atoms with Crippen molar-refractivity contribution in [2.75, 3.05) is 45.9 Å². The van der Waals surface area contributed by atoms with E-state index in [1.54, 1.807) is 0 Å². The number of hydrogen-bond acceptors (Lipinski definition) is 5. The maximum Gasteiger partial charge on any atom is 0.125 e. The van der Waals surface area contributed by atoms with Gasteiger partial charge in [-0.25, -0.2) is 0 Å². The van der Waals surface area contributed by atoms with Crippen LogP contribution in [0.5, 0.6) is 5.75 Å². The van der Waals surface area contributed by atoms with E-state index < -0.39 is 6.10 Å². The van der Waals surface area contributed by atoms with Crippen LogP contribution >= 0.6 is 0 Å². The summed E-state index contributed by atoms with van der Waals surface area (Å²) in [7, 11) is 0. The minimum atomic E-state index is -0.452. The van der Waals surface area contributed by atoms with Gasteiger partial charge in [0.1, 0.15) is 18.5 Å². The molecule has 0 radical (unpaired) electrons. The van der Waals surface area contributed by atoms with Crippen LogP contribution in [0.3, 0.4) is 0 Å². The SMILES string of the molecule is Cc1ccc(C)c(OCC(O)CN2CCC(CN3CC(C)OC(C)C3)CC2)c1C. The molecule has 2 fully saturated rings. The molecule has 1 N–H and O–H groups in total. The summed E-state index contributed by atoms with van der Waals surface area (Å²) in [4.78, 5) is 4.97. The van der Waals surface area contributed by atoms with Gasteiger partial charge in [0, 0.05) is 26.2 Å². The second-order valence-corrected chi connectivity index (χ2v) is 9.34. The quantitative estimate of drug-likeness (QED) is 0.756. The first-order chi connectivity index (χ1) is 13.8. The third-order valence-corrected chi connectivity index (χ3v) is 6.48. The van der Waals surface area contributed by atoms with Gasteiger partial charge < -0.3 is 19.5 Å². The van der Waals surface area contributed by atoms with Crippen molar-refractivity contribution in [1.82, 2.24) is 9.80 Å². The lowest BCUT2D eigenvalue weighted by Crippen LogP contribution is -2.48. The van der Waals surface area contributed by atoms with Crippen LogP contribution in [0.25, 0.3) is 0 Å². The maximum absolute atomic E-state index is 10.5. The first-order valence-electron chi connectivity index (χ1n) is 11.3. The highest BCUT2D eigenvalue weighted by Crippen LogP contribution is 2.26. The number of hydrogen-bond donors (Lipinski definition) is 1. The molecular formula is C24H40N2O3. The van der Waals surface area contributed by atoms with E-state index >= 15 is 0 Å². The van der Waals surface area contributed by atoms with Gasteiger partial charge in [0.2, 0.25) is 0 Å². The minimum absolute atomic E-state index is 0.342. The van der Waals surface area contributed by atoms with Gasteiger partial charge in [-0.05, 0) is 83.2 Å². The van der Waals surface area contributed by atoms with E-state index in [0.29, 0.717) is 25.4 Å². The normalized spacial score (nSPS) is 25.9. The predicted molar refractivity (Wildman–Crippen MR) is 118 cm³/mol. The lowest BCUT2D eigenvalue weighted by molar-refractivity contribution is -0.0734. The number of aliphatic hydroxyl groups excluding tert-OH is 1. The van der Waals surface area contributed by atoms with Crippen molar-refractivity contribution < 1.29 is 14.6 Å². The first-order valence-corrected chi connectivity index (χ1v) is 11.3. The molecule has 3 rings (SSSR count). The van der Waals surface area contributed by atoms with Crippen LogP contribution in [0.2, 0.25) is 0 Å². The number of ether oxygens (including phenoxy) is 2. The Morgan fingerprint density at radius 2 is 1.66 bits per heavy atom. The van der Waals surface area contributed by atoms with Crippen molar-refractivity contribution in [1.29, 1.82) is 0 Å². The van der Waals surface area contributed by atoms with Crippen molar-refractivity contribution in [3.8, 4) is 5.75 Å². The number of piperidine rings is 1. The number of aryl methyl sites for hydroxylation is 2. The molecule has 0 bridgehead atoms. The molecule has 2 heterocycles. The van der Waals surface area contributed by atoms with E-state index in [1.165, 1.54) is 30.5 Å². The van der Waals surface area contributed by atoms with Crippen LogP contribution < -0.4 is 4.74 Å². The minimum Gasteiger partial charge on any atom is -0.490 e. The van der Waals surface area contributed by atoms with E-state index in [9.17, 15) is 5.11 Å². The van der Waals surface area contributed by atoms with Crippen molar-refractivity contribution in [2.45, 2.75) is 65.8 Å². The molecule has 1 aromatic carbocycles. The zero-order valence-corrected chi connectivity index (χ0v) is 19.0. The van der Waals surface area contributed by atoms with Crippen LogP contribution in [0.4, 0.5) is 0 Å². The Balaban J connectivity index is 1.39.